The molecule has 1 heterocycles. The van der Waals surface area contributed by atoms with Gasteiger partial charge in [-0.1, -0.05) is 6.07 Å². The monoisotopic (exact) mass is 259 g/mol. The number of likely N-dealkylation sites (tertiary alicyclic amines) is 1. The number of rotatable bonds is 5. The van der Waals surface area contributed by atoms with Crippen LogP contribution in [0.3, 0.4) is 0 Å². The van der Waals surface area contributed by atoms with E-state index in [0.717, 1.165) is 19.6 Å². The molecule has 0 aliphatic carbocycles. The lowest BCUT2D eigenvalue weighted by molar-refractivity contribution is 0.0244. The average Bonchev–Trinajstić information content (AvgIpc) is 2.96. The van der Waals surface area contributed by atoms with Gasteiger partial charge in [-0.15, -0.1) is 0 Å². The normalized spacial score (nSPS) is 15.1. The molecule has 1 aromatic carbocycles. The number of hydrogen-bond acceptors (Lipinski definition) is 4. The minimum Gasteiger partial charge on any atom is -0.301 e. The molecule has 0 aromatic heterocycles. The summed E-state index contributed by atoms with van der Waals surface area (Å²) in [6.45, 7) is 3.53. The SMILES string of the molecule is N#Cc1cccc(C(=O)NOCCN2CCCC2)c1. The molecule has 1 N–H and O–H groups in total. The molecule has 0 unspecified atom stereocenters. The second-order valence-electron chi connectivity index (χ2n) is 4.52. The molecule has 100 valence electrons. The van der Waals surface area contributed by atoms with Crippen LogP contribution in [0.4, 0.5) is 0 Å². The first-order chi connectivity index (χ1) is 9.29. The Hall–Kier alpha value is -1.90. The largest absolute Gasteiger partial charge is 0.301 e. The molecule has 0 radical (unpaired) electrons. The van der Waals surface area contributed by atoms with Crippen LogP contribution >= 0.6 is 0 Å². The minimum absolute atomic E-state index is 0.321. The first kappa shape index (κ1) is 13.5. The van der Waals surface area contributed by atoms with Crippen LogP contribution in [-0.2, 0) is 4.84 Å². The molecule has 1 aliphatic heterocycles. The van der Waals surface area contributed by atoms with Gasteiger partial charge in [-0.3, -0.25) is 9.63 Å². The molecule has 19 heavy (non-hydrogen) atoms. The zero-order valence-electron chi connectivity index (χ0n) is 10.8. The number of carbonyl (C=O) groups excluding carboxylic acids is 1. The fourth-order valence-corrected chi connectivity index (χ4v) is 2.09. The summed E-state index contributed by atoms with van der Waals surface area (Å²) in [5, 5.41) is 8.76. The lowest BCUT2D eigenvalue weighted by Crippen LogP contribution is -2.30. The van der Waals surface area contributed by atoms with Gasteiger partial charge in [-0.25, -0.2) is 5.48 Å². The Kier molecular flexibility index (Phi) is 4.90. The molecule has 5 nitrogen and oxygen atoms in total. The molecule has 0 spiro atoms. The van der Waals surface area contributed by atoms with Crippen molar-refractivity contribution in [3.63, 3.8) is 0 Å². The molecule has 0 atom stereocenters. The van der Waals surface area contributed by atoms with E-state index < -0.39 is 0 Å². The van der Waals surface area contributed by atoms with Gasteiger partial charge in [0.1, 0.15) is 0 Å². The Morgan fingerprint density at radius 1 is 1.42 bits per heavy atom. The second-order valence-corrected chi connectivity index (χ2v) is 4.52. The maximum absolute atomic E-state index is 11.7. The number of nitriles is 1. The highest BCUT2D eigenvalue weighted by Crippen LogP contribution is 2.06. The lowest BCUT2D eigenvalue weighted by Gasteiger charge is -2.14. The number of hydrogen-bond donors (Lipinski definition) is 1. The molecule has 1 saturated heterocycles. The van der Waals surface area contributed by atoms with Gasteiger partial charge in [0.25, 0.3) is 5.91 Å². The third kappa shape index (κ3) is 4.05. The Morgan fingerprint density at radius 3 is 2.95 bits per heavy atom. The molecular weight excluding hydrogens is 242 g/mol. The van der Waals surface area contributed by atoms with Crippen LogP contribution in [0.5, 0.6) is 0 Å². The van der Waals surface area contributed by atoms with Gasteiger partial charge in [-0.2, -0.15) is 5.26 Å². The van der Waals surface area contributed by atoms with Crippen molar-refractivity contribution in [2.75, 3.05) is 26.2 Å². The van der Waals surface area contributed by atoms with E-state index >= 15 is 0 Å². The molecule has 1 fully saturated rings. The predicted octanol–water partition coefficient (Wildman–Crippen LogP) is 1.32. The van der Waals surface area contributed by atoms with Crippen molar-refractivity contribution in [1.29, 1.82) is 5.26 Å². The van der Waals surface area contributed by atoms with Crippen LogP contribution in [0.15, 0.2) is 24.3 Å². The summed E-state index contributed by atoms with van der Waals surface area (Å²) in [7, 11) is 0. The van der Waals surface area contributed by atoms with Gasteiger partial charge in [0.05, 0.1) is 18.2 Å². The number of amides is 1. The molecule has 5 heteroatoms. The Morgan fingerprint density at radius 2 is 2.21 bits per heavy atom. The summed E-state index contributed by atoms with van der Waals surface area (Å²) >= 11 is 0. The van der Waals surface area contributed by atoms with E-state index in [9.17, 15) is 4.79 Å². The summed E-state index contributed by atoms with van der Waals surface area (Å²) < 4.78 is 0. The standard InChI is InChI=1S/C14H17N3O2/c15-11-12-4-3-5-13(10-12)14(18)16-19-9-8-17-6-1-2-7-17/h3-5,10H,1-2,6-9H2,(H,16,18). The zero-order chi connectivity index (χ0) is 13.5. The number of carbonyl (C=O) groups is 1. The third-order valence-corrected chi connectivity index (χ3v) is 3.13. The van der Waals surface area contributed by atoms with Gasteiger partial charge in [-0.05, 0) is 44.1 Å². The van der Waals surface area contributed by atoms with Crippen molar-refractivity contribution >= 4 is 5.91 Å². The van der Waals surface area contributed by atoms with E-state index in [1.54, 1.807) is 24.3 Å². The van der Waals surface area contributed by atoms with Crippen molar-refractivity contribution < 1.29 is 9.63 Å². The number of nitrogens with one attached hydrogen (secondary N) is 1. The van der Waals surface area contributed by atoms with E-state index in [1.807, 2.05) is 6.07 Å². The van der Waals surface area contributed by atoms with Gasteiger partial charge < -0.3 is 4.90 Å². The fraction of sp³-hybridized carbons (Fsp3) is 0.429. The van der Waals surface area contributed by atoms with Crippen molar-refractivity contribution in [3.8, 4) is 6.07 Å². The molecule has 1 amide bonds. The lowest BCUT2D eigenvalue weighted by atomic mass is 10.1. The van der Waals surface area contributed by atoms with Crippen molar-refractivity contribution in [1.82, 2.24) is 10.4 Å². The first-order valence-corrected chi connectivity index (χ1v) is 6.44. The van der Waals surface area contributed by atoms with Crippen molar-refractivity contribution in [3.05, 3.63) is 35.4 Å². The molecule has 0 saturated carbocycles. The van der Waals surface area contributed by atoms with E-state index in [-0.39, 0.29) is 5.91 Å². The summed E-state index contributed by atoms with van der Waals surface area (Å²) in [6.07, 6.45) is 2.49. The van der Waals surface area contributed by atoms with Crippen molar-refractivity contribution in [2.24, 2.45) is 0 Å². The van der Waals surface area contributed by atoms with Crippen LogP contribution in [-0.4, -0.2) is 37.0 Å². The van der Waals surface area contributed by atoms with Gasteiger partial charge >= 0.3 is 0 Å². The summed E-state index contributed by atoms with van der Waals surface area (Å²) in [6, 6.07) is 8.53. The highest BCUT2D eigenvalue weighted by atomic mass is 16.6. The Balaban J connectivity index is 1.73. The number of hydroxylamine groups is 1. The van der Waals surface area contributed by atoms with Gasteiger partial charge in [0, 0.05) is 12.1 Å². The summed E-state index contributed by atoms with van der Waals surface area (Å²) in [5.74, 6) is -0.321. The second kappa shape index (κ2) is 6.88. The topological polar surface area (TPSA) is 65.4 Å². The first-order valence-electron chi connectivity index (χ1n) is 6.44. The molecule has 1 aromatic rings. The molecule has 0 bridgehead atoms. The van der Waals surface area contributed by atoms with Crippen LogP contribution in [0.2, 0.25) is 0 Å². The van der Waals surface area contributed by atoms with Gasteiger partial charge in [0.15, 0.2) is 0 Å². The fourth-order valence-electron chi connectivity index (χ4n) is 2.09. The molecule has 1 aliphatic rings. The molecule has 2 rings (SSSR count). The smallest absolute Gasteiger partial charge is 0.274 e. The zero-order valence-corrected chi connectivity index (χ0v) is 10.8. The van der Waals surface area contributed by atoms with E-state index in [1.165, 1.54) is 12.8 Å². The molecular formula is C14H17N3O2. The quantitative estimate of drug-likeness (QED) is 0.639. The number of benzene rings is 1. The highest BCUT2D eigenvalue weighted by Gasteiger charge is 2.11. The van der Waals surface area contributed by atoms with Crippen LogP contribution < -0.4 is 5.48 Å². The predicted molar refractivity (Wildman–Crippen MR) is 70.2 cm³/mol. The van der Waals surface area contributed by atoms with Crippen LogP contribution in [0, 0.1) is 11.3 Å². The van der Waals surface area contributed by atoms with E-state index in [2.05, 4.69) is 10.4 Å². The third-order valence-electron chi connectivity index (χ3n) is 3.13. The highest BCUT2D eigenvalue weighted by molar-refractivity contribution is 5.93. The van der Waals surface area contributed by atoms with Crippen molar-refractivity contribution in [2.45, 2.75) is 12.8 Å². The number of nitrogens with zero attached hydrogens (tertiary/aromatic N) is 2. The minimum atomic E-state index is -0.321. The maximum atomic E-state index is 11.7. The Labute approximate surface area is 112 Å². The summed E-state index contributed by atoms with van der Waals surface area (Å²) in [5.41, 5.74) is 3.29. The van der Waals surface area contributed by atoms with E-state index in [0.29, 0.717) is 17.7 Å². The summed E-state index contributed by atoms with van der Waals surface area (Å²) in [4.78, 5) is 19.2. The maximum Gasteiger partial charge on any atom is 0.274 e. The van der Waals surface area contributed by atoms with Crippen LogP contribution in [0.25, 0.3) is 0 Å². The Bertz CT molecular complexity index is 476. The average molecular weight is 259 g/mol. The van der Waals surface area contributed by atoms with E-state index in [4.69, 9.17) is 10.1 Å². The van der Waals surface area contributed by atoms with Crippen LogP contribution in [0.1, 0.15) is 28.8 Å². The van der Waals surface area contributed by atoms with Gasteiger partial charge in [0.2, 0.25) is 0 Å².